The van der Waals surface area contributed by atoms with Crippen molar-refractivity contribution in [3.05, 3.63) is 29.8 Å². The first-order valence-electron chi connectivity index (χ1n) is 11.0. The molecule has 2 saturated heterocycles. The number of unbranched alkanes of at least 4 members (excludes halogenated alkanes) is 1. The van der Waals surface area contributed by atoms with Crippen molar-refractivity contribution >= 4 is 11.8 Å². The Morgan fingerprint density at radius 3 is 2.45 bits per heavy atom. The van der Waals surface area contributed by atoms with E-state index >= 15 is 0 Å². The van der Waals surface area contributed by atoms with Crippen molar-refractivity contribution in [2.24, 2.45) is 5.92 Å². The molecule has 0 spiro atoms. The molecule has 0 bridgehead atoms. The van der Waals surface area contributed by atoms with Gasteiger partial charge in [-0.25, -0.2) is 0 Å². The number of amides is 2. The van der Waals surface area contributed by atoms with Gasteiger partial charge in [-0.15, -0.1) is 0 Å². The Balaban J connectivity index is 1.75. The molecule has 0 saturated carbocycles. The molecule has 1 aromatic rings. The zero-order valence-corrected chi connectivity index (χ0v) is 18.0. The lowest BCUT2D eigenvalue weighted by Crippen LogP contribution is -2.47. The summed E-state index contributed by atoms with van der Waals surface area (Å²) in [5.41, 5.74) is 1.01. The Kier molecular flexibility index (Phi) is 7.53. The van der Waals surface area contributed by atoms with Gasteiger partial charge in [-0.05, 0) is 43.5 Å². The molecule has 2 atom stereocenters. The average molecular weight is 402 g/mol. The molecule has 3 rings (SSSR count). The highest BCUT2D eigenvalue weighted by Crippen LogP contribution is 2.39. The summed E-state index contributed by atoms with van der Waals surface area (Å²) in [6, 6.07) is 7.80. The van der Waals surface area contributed by atoms with Crippen molar-refractivity contribution in [2.45, 2.75) is 58.0 Å². The van der Waals surface area contributed by atoms with Gasteiger partial charge in [0.05, 0.1) is 19.1 Å². The predicted octanol–water partition coefficient (Wildman–Crippen LogP) is 2.99. The van der Waals surface area contributed by atoms with Crippen LogP contribution in [0.5, 0.6) is 5.75 Å². The van der Waals surface area contributed by atoms with Gasteiger partial charge in [0, 0.05) is 32.1 Å². The summed E-state index contributed by atoms with van der Waals surface area (Å²) in [4.78, 5) is 30.3. The van der Waals surface area contributed by atoms with Crippen LogP contribution in [0.2, 0.25) is 0 Å². The molecule has 1 N–H and O–H groups in total. The number of hydrogen-bond acceptors (Lipinski definition) is 4. The molecule has 2 amide bonds. The fourth-order valence-electron chi connectivity index (χ4n) is 4.53. The van der Waals surface area contributed by atoms with Crippen LogP contribution in [0.3, 0.4) is 0 Å². The van der Waals surface area contributed by atoms with E-state index in [1.54, 1.807) is 7.11 Å². The highest BCUT2D eigenvalue weighted by atomic mass is 16.5. The molecular formula is C23H35N3O3. The van der Waals surface area contributed by atoms with Gasteiger partial charge in [0.2, 0.25) is 11.8 Å². The normalized spacial score (nSPS) is 23.4. The van der Waals surface area contributed by atoms with Crippen LogP contribution in [0.15, 0.2) is 24.3 Å². The van der Waals surface area contributed by atoms with Crippen molar-refractivity contribution < 1.29 is 14.3 Å². The Hall–Kier alpha value is -2.08. The molecule has 1 aromatic carbocycles. The maximum Gasteiger partial charge on any atom is 0.226 e. The quantitative estimate of drug-likeness (QED) is 0.727. The SMILES string of the molecule is CCCCN1C(=O)C[C@H](C(=O)NC2CCN(CC)CC2)[C@@H]1c1ccc(OC)cc1. The van der Waals surface area contributed by atoms with Crippen LogP contribution < -0.4 is 10.1 Å². The lowest BCUT2D eigenvalue weighted by molar-refractivity contribution is -0.129. The first-order valence-corrected chi connectivity index (χ1v) is 11.0. The zero-order valence-electron chi connectivity index (χ0n) is 18.0. The highest BCUT2D eigenvalue weighted by Gasteiger charge is 2.44. The van der Waals surface area contributed by atoms with E-state index in [1.165, 1.54) is 0 Å². The minimum atomic E-state index is -0.336. The van der Waals surface area contributed by atoms with Crippen molar-refractivity contribution in [2.75, 3.05) is 33.3 Å². The molecule has 2 fully saturated rings. The fourth-order valence-corrected chi connectivity index (χ4v) is 4.53. The maximum absolute atomic E-state index is 13.2. The summed E-state index contributed by atoms with van der Waals surface area (Å²) in [6.45, 7) is 8.10. The number of hydrogen-bond donors (Lipinski definition) is 1. The number of ether oxygens (including phenoxy) is 1. The van der Waals surface area contributed by atoms with Gasteiger partial charge in [-0.3, -0.25) is 9.59 Å². The van der Waals surface area contributed by atoms with Gasteiger partial charge in [0.15, 0.2) is 0 Å². The smallest absolute Gasteiger partial charge is 0.226 e. The number of carbonyl (C=O) groups excluding carboxylic acids is 2. The fraction of sp³-hybridized carbons (Fsp3) is 0.652. The second-order valence-corrected chi connectivity index (χ2v) is 8.19. The highest BCUT2D eigenvalue weighted by molar-refractivity contribution is 5.90. The first kappa shape index (κ1) is 21.6. The number of methoxy groups -OCH3 is 1. The van der Waals surface area contributed by atoms with Crippen molar-refractivity contribution in [3.63, 3.8) is 0 Å². The number of piperidine rings is 1. The molecule has 2 heterocycles. The van der Waals surface area contributed by atoms with Crippen LogP contribution in [0.25, 0.3) is 0 Å². The number of nitrogens with zero attached hydrogens (tertiary/aromatic N) is 2. The van der Waals surface area contributed by atoms with Crippen molar-refractivity contribution in [3.8, 4) is 5.75 Å². The lowest BCUT2D eigenvalue weighted by atomic mass is 9.91. The van der Waals surface area contributed by atoms with Gasteiger partial charge >= 0.3 is 0 Å². The van der Waals surface area contributed by atoms with E-state index in [0.717, 1.165) is 56.6 Å². The molecular weight excluding hydrogens is 366 g/mol. The van der Waals surface area contributed by atoms with Gasteiger partial charge in [0.1, 0.15) is 5.75 Å². The summed E-state index contributed by atoms with van der Waals surface area (Å²) < 4.78 is 5.27. The molecule has 6 heteroatoms. The van der Waals surface area contributed by atoms with Crippen molar-refractivity contribution in [1.29, 1.82) is 0 Å². The standard InChI is InChI=1S/C23H35N3O3/c1-4-6-13-26-21(27)16-20(22(26)17-7-9-19(29-3)10-8-17)23(28)24-18-11-14-25(5-2)15-12-18/h7-10,18,20,22H,4-6,11-16H2,1-3H3,(H,24,28)/t20-,22-/m0/s1. The Labute approximate surface area is 174 Å². The van der Waals surface area contributed by atoms with Gasteiger partial charge in [0.25, 0.3) is 0 Å². The van der Waals surface area contributed by atoms with E-state index in [-0.39, 0.29) is 29.8 Å². The van der Waals surface area contributed by atoms with Crippen molar-refractivity contribution in [1.82, 2.24) is 15.1 Å². The molecule has 2 aliphatic rings. The molecule has 0 aromatic heterocycles. The number of carbonyl (C=O) groups is 2. The Morgan fingerprint density at radius 2 is 1.86 bits per heavy atom. The average Bonchev–Trinajstić information content (AvgIpc) is 3.09. The minimum Gasteiger partial charge on any atom is -0.497 e. The monoisotopic (exact) mass is 401 g/mol. The number of rotatable bonds is 8. The van der Waals surface area contributed by atoms with Gasteiger partial charge in [-0.2, -0.15) is 0 Å². The van der Waals surface area contributed by atoms with Crippen LogP contribution in [0.4, 0.5) is 0 Å². The topological polar surface area (TPSA) is 61.9 Å². The van der Waals surface area contributed by atoms with E-state index in [1.807, 2.05) is 29.2 Å². The third-order valence-electron chi connectivity index (χ3n) is 6.36. The third kappa shape index (κ3) is 5.10. The molecule has 29 heavy (non-hydrogen) atoms. The van der Waals surface area contributed by atoms with Crippen LogP contribution in [-0.2, 0) is 9.59 Å². The number of nitrogens with one attached hydrogen (secondary N) is 1. The summed E-state index contributed by atoms with van der Waals surface area (Å²) in [5, 5.41) is 3.26. The molecule has 2 aliphatic heterocycles. The van der Waals surface area contributed by atoms with E-state index < -0.39 is 0 Å². The second kappa shape index (κ2) is 10.1. The first-order chi connectivity index (χ1) is 14.1. The predicted molar refractivity (Wildman–Crippen MR) is 114 cm³/mol. The van der Waals surface area contributed by atoms with Crippen LogP contribution in [-0.4, -0.2) is 60.9 Å². The molecule has 0 radical (unpaired) electrons. The lowest BCUT2D eigenvalue weighted by Gasteiger charge is -2.33. The molecule has 6 nitrogen and oxygen atoms in total. The number of benzene rings is 1. The van der Waals surface area contributed by atoms with E-state index in [2.05, 4.69) is 24.1 Å². The Bertz CT molecular complexity index is 683. The molecule has 0 unspecified atom stereocenters. The third-order valence-corrected chi connectivity index (χ3v) is 6.36. The molecule has 160 valence electrons. The van der Waals surface area contributed by atoms with E-state index in [0.29, 0.717) is 13.0 Å². The minimum absolute atomic E-state index is 0.0214. The maximum atomic E-state index is 13.2. The van der Waals surface area contributed by atoms with Gasteiger partial charge < -0.3 is 19.9 Å². The largest absolute Gasteiger partial charge is 0.497 e. The summed E-state index contributed by atoms with van der Waals surface area (Å²) in [6.07, 6.45) is 4.22. The Morgan fingerprint density at radius 1 is 1.17 bits per heavy atom. The van der Waals surface area contributed by atoms with E-state index in [4.69, 9.17) is 4.74 Å². The summed E-state index contributed by atoms with van der Waals surface area (Å²) in [5.74, 6) is 0.548. The second-order valence-electron chi connectivity index (χ2n) is 8.19. The van der Waals surface area contributed by atoms with Crippen LogP contribution in [0.1, 0.15) is 57.6 Å². The number of likely N-dealkylation sites (tertiary alicyclic amines) is 2. The van der Waals surface area contributed by atoms with Gasteiger partial charge in [-0.1, -0.05) is 32.4 Å². The van der Waals surface area contributed by atoms with Crippen LogP contribution in [0, 0.1) is 5.92 Å². The molecule has 0 aliphatic carbocycles. The zero-order chi connectivity index (χ0) is 20.8. The summed E-state index contributed by atoms with van der Waals surface area (Å²) in [7, 11) is 1.64. The summed E-state index contributed by atoms with van der Waals surface area (Å²) >= 11 is 0. The van der Waals surface area contributed by atoms with Crippen LogP contribution >= 0.6 is 0 Å². The van der Waals surface area contributed by atoms with E-state index in [9.17, 15) is 9.59 Å².